The first-order valence-electron chi connectivity index (χ1n) is 4.89. The molecule has 3 nitrogen and oxygen atoms in total. The fraction of sp³-hybridized carbons (Fsp3) is 0.364. The van der Waals surface area contributed by atoms with Crippen LogP contribution >= 0.6 is 11.8 Å². The van der Waals surface area contributed by atoms with Gasteiger partial charge in [-0.3, -0.25) is 4.79 Å². The summed E-state index contributed by atoms with van der Waals surface area (Å²) in [5.41, 5.74) is 7.57. The number of hydrogen-bond donors (Lipinski definition) is 2. The van der Waals surface area contributed by atoms with Crippen LogP contribution in [0.1, 0.15) is 12.5 Å². The molecule has 0 fully saturated rings. The van der Waals surface area contributed by atoms with Crippen LogP contribution in [0.5, 0.6) is 0 Å². The molecule has 1 aromatic carbocycles. The molecule has 0 aliphatic rings. The van der Waals surface area contributed by atoms with Crippen molar-refractivity contribution in [3.05, 3.63) is 23.8 Å². The molecular weight excluding hydrogens is 208 g/mol. The quantitative estimate of drug-likeness (QED) is 0.606. The molecule has 82 valence electrons. The molecule has 15 heavy (non-hydrogen) atoms. The molecule has 1 amide bonds. The normalized spacial score (nSPS) is 10.0. The van der Waals surface area contributed by atoms with E-state index in [4.69, 9.17) is 5.73 Å². The average molecular weight is 224 g/mol. The molecule has 0 saturated heterocycles. The zero-order chi connectivity index (χ0) is 11.3. The van der Waals surface area contributed by atoms with Crippen molar-refractivity contribution in [2.75, 3.05) is 18.0 Å². The molecule has 0 unspecified atom stereocenters. The van der Waals surface area contributed by atoms with Gasteiger partial charge in [-0.1, -0.05) is 6.07 Å². The van der Waals surface area contributed by atoms with Gasteiger partial charge in [-0.15, -0.1) is 11.8 Å². The predicted molar refractivity (Wildman–Crippen MR) is 65.0 cm³/mol. The van der Waals surface area contributed by atoms with E-state index in [-0.39, 0.29) is 5.91 Å². The van der Waals surface area contributed by atoms with Crippen molar-refractivity contribution < 1.29 is 4.79 Å². The molecule has 1 rings (SSSR count). The number of nitrogens with two attached hydrogens (primary N) is 1. The number of nitrogens with one attached hydrogen (secondary N) is 1. The molecule has 0 atom stereocenters. The maximum Gasteiger partial charge on any atom is 0.230 e. The molecule has 0 bridgehead atoms. The number of rotatable bonds is 4. The highest BCUT2D eigenvalue weighted by Crippen LogP contribution is 2.24. The Labute approximate surface area is 94.4 Å². The predicted octanol–water partition coefficient (Wildman–Crippen LogP) is 1.81. The van der Waals surface area contributed by atoms with Crippen LogP contribution < -0.4 is 11.1 Å². The number of anilines is 1. The van der Waals surface area contributed by atoms with Gasteiger partial charge in [-0.2, -0.15) is 0 Å². The van der Waals surface area contributed by atoms with E-state index in [0.29, 0.717) is 12.3 Å². The Bertz CT molecular complexity index is 352. The number of hydrogen-bond acceptors (Lipinski definition) is 3. The Morgan fingerprint density at radius 1 is 1.53 bits per heavy atom. The van der Waals surface area contributed by atoms with Gasteiger partial charge in [0.25, 0.3) is 0 Å². The molecule has 0 spiro atoms. The zero-order valence-electron chi connectivity index (χ0n) is 9.04. The van der Waals surface area contributed by atoms with Crippen molar-refractivity contribution in [3.8, 4) is 0 Å². The third kappa shape index (κ3) is 3.83. The van der Waals surface area contributed by atoms with E-state index in [2.05, 4.69) is 5.32 Å². The number of carbonyl (C=O) groups excluding carboxylic acids is 1. The van der Waals surface area contributed by atoms with Gasteiger partial charge < -0.3 is 11.1 Å². The van der Waals surface area contributed by atoms with E-state index in [1.165, 1.54) is 11.8 Å². The lowest BCUT2D eigenvalue weighted by Crippen LogP contribution is -2.24. The van der Waals surface area contributed by atoms with E-state index in [1.807, 2.05) is 32.0 Å². The first-order valence-corrected chi connectivity index (χ1v) is 5.87. The minimum atomic E-state index is 0.0596. The second-order valence-electron chi connectivity index (χ2n) is 3.27. The summed E-state index contributed by atoms with van der Waals surface area (Å²) in [6, 6.07) is 5.74. The van der Waals surface area contributed by atoms with Gasteiger partial charge in [0, 0.05) is 17.1 Å². The lowest BCUT2D eigenvalue weighted by atomic mass is 10.2. The van der Waals surface area contributed by atoms with Crippen LogP contribution in [0.3, 0.4) is 0 Å². The smallest absolute Gasteiger partial charge is 0.230 e. The highest BCUT2D eigenvalue weighted by Gasteiger charge is 2.03. The van der Waals surface area contributed by atoms with E-state index in [0.717, 1.165) is 16.1 Å². The lowest BCUT2D eigenvalue weighted by Gasteiger charge is -2.06. The third-order valence-corrected chi connectivity index (χ3v) is 3.10. The van der Waals surface area contributed by atoms with Gasteiger partial charge in [-0.05, 0) is 31.5 Å². The van der Waals surface area contributed by atoms with Crippen molar-refractivity contribution in [2.24, 2.45) is 0 Å². The lowest BCUT2D eigenvalue weighted by molar-refractivity contribution is -0.118. The molecule has 0 aliphatic carbocycles. The maximum absolute atomic E-state index is 11.2. The Balaban J connectivity index is 2.57. The van der Waals surface area contributed by atoms with Crippen LogP contribution in [0.4, 0.5) is 5.69 Å². The number of nitrogen functional groups attached to an aromatic ring is 1. The van der Waals surface area contributed by atoms with Crippen molar-refractivity contribution >= 4 is 23.4 Å². The summed E-state index contributed by atoms with van der Waals surface area (Å²) in [4.78, 5) is 12.3. The number of thioether (sulfide) groups is 1. The summed E-state index contributed by atoms with van der Waals surface area (Å²) < 4.78 is 0. The molecule has 0 aromatic heterocycles. The molecule has 0 radical (unpaired) electrons. The van der Waals surface area contributed by atoms with Crippen molar-refractivity contribution in [2.45, 2.75) is 18.7 Å². The third-order valence-electron chi connectivity index (χ3n) is 1.94. The highest BCUT2D eigenvalue weighted by atomic mass is 32.2. The molecule has 4 heteroatoms. The molecule has 3 N–H and O–H groups in total. The van der Waals surface area contributed by atoms with Crippen LogP contribution in [0, 0.1) is 6.92 Å². The minimum Gasteiger partial charge on any atom is -0.399 e. The second kappa shape index (κ2) is 5.66. The molecule has 0 aliphatic heterocycles. The molecule has 0 saturated carbocycles. The number of amides is 1. The summed E-state index contributed by atoms with van der Waals surface area (Å²) >= 11 is 1.52. The topological polar surface area (TPSA) is 55.1 Å². The Kier molecular flexibility index (Phi) is 4.49. The number of carbonyl (C=O) groups is 1. The van der Waals surface area contributed by atoms with Crippen LogP contribution in [0.2, 0.25) is 0 Å². The van der Waals surface area contributed by atoms with Gasteiger partial charge in [-0.25, -0.2) is 0 Å². The monoisotopic (exact) mass is 224 g/mol. The Hall–Kier alpha value is -1.16. The zero-order valence-corrected chi connectivity index (χ0v) is 9.86. The van der Waals surface area contributed by atoms with Gasteiger partial charge in [0.1, 0.15) is 0 Å². The van der Waals surface area contributed by atoms with Crippen molar-refractivity contribution in [1.29, 1.82) is 0 Å². The van der Waals surface area contributed by atoms with E-state index >= 15 is 0 Å². The summed E-state index contributed by atoms with van der Waals surface area (Å²) in [7, 11) is 0. The fourth-order valence-electron chi connectivity index (χ4n) is 1.16. The van der Waals surface area contributed by atoms with Crippen LogP contribution in [0.15, 0.2) is 23.1 Å². The van der Waals surface area contributed by atoms with E-state index in [1.54, 1.807) is 0 Å². The molecular formula is C11H16N2OS. The Morgan fingerprint density at radius 3 is 2.93 bits per heavy atom. The Morgan fingerprint density at radius 2 is 2.27 bits per heavy atom. The fourth-order valence-corrected chi connectivity index (χ4v) is 2.07. The van der Waals surface area contributed by atoms with Crippen LogP contribution in [-0.4, -0.2) is 18.2 Å². The SMILES string of the molecule is CCNC(=O)CSc1cc(N)ccc1C. The van der Waals surface area contributed by atoms with Crippen LogP contribution in [0.25, 0.3) is 0 Å². The average Bonchev–Trinajstić information content (AvgIpc) is 2.20. The van der Waals surface area contributed by atoms with Gasteiger partial charge in [0.2, 0.25) is 5.91 Å². The van der Waals surface area contributed by atoms with E-state index < -0.39 is 0 Å². The van der Waals surface area contributed by atoms with Crippen molar-refractivity contribution in [1.82, 2.24) is 5.32 Å². The van der Waals surface area contributed by atoms with Crippen LogP contribution in [-0.2, 0) is 4.79 Å². The summed E-state index contributed by atoms with van der Waals surface area (Å²) in [5, 5.41) is 2.76. The van der Waals surface area contributed by atoms with Gasteiger partial charge in [0.05, 0.1) is 5.75 Å². The first kappa shape index (κ1) is 11.9. The van der Waals surface area contributed by atoms with Gasteiger partial charge >= 0.3 is 0 Å². The summed E-state index contributed by atoms with van der Waals surface area (Å²) in [6.45, 7) is 4.60. The summed E-state index contributed by atoms with van der Waals surface area (Å²) in [5.74, 6) is 0.502. The summed E-state index contributed by atoms with van der Waals surface area (Å²) in [6.07, 6.45) is 0. The van der Waals surface area contributed by atoms with E-state index in [9.17, 15) is 4.79 Å². The molecule has 0 heterocycles. The molecule has 1 aromatic rings. The van der Waals surface area contributed by atoms with Crippen molar-refractivity contribution in [3.63, 3.8) is 0 Å². The second-order valence-corrected chi connectivity index (χ2v) is 4.28. The minimum absolute atomic E-state index is 0.0596. The largest absolute Gasteiger partial charge is 0.399 e. The standard InChI is InChI=1S/C11H16N2OS/c1-3-13-11(14)7-15-10-6-9(12)5-4-8(10)2/h4-6H,3,7,12H2,1-2H3,(H,13,14). The highest BCUT2D eigenvalue weighted by molar-refractivity contribution is 8.00. The number of benzene rings is 1. The maximum atomic E-state index is 11.2. The number of aryl methyl sites for hydroxylation is 1. The first-order chi connectivity index (χ1) is 7.13. The van der Waals surface area contributed by atoms with Gasteiger partial charge in [0.15, 0.2) is 0 Å².